The van der Waals surface area contributed by atoms with E-state index in [1.54, 1.807) is 12.1 Å². The number of carbonyl (C=O) groups is 4. The van der Waals surface area contributed by atoms with Gasteiger partial charge in [0.15, 0.2) is 0 Å². The van der Waals surface area contributed by atoms with Crippen molar-refractivity contribution in [3.63, 3.8) is 0 Å². The minimum atomic E-state index is -1.51. The number of halogens is 2. The summed E-state index contributed by atoms with van der Waals surface area (Å²) in [5.41, 5.74) is 6.96. The summed E-state index contributed by atoms with van der Waals surface area (Å²) in [7, 11) is 0. The first-order valence-electron chi connectivity index (χ1n) is 16.6. The number of nitrogens with one attached hydrogen (secondary N) is 4. The maximum Gasteiger partial charge on any atom is 0.408 e. The molecule has 5 atom stereocenters. The van der Waals surface area contributed by atoms with E-state index in [2.05, 4.69) is 31.1 Å². The van der Waals surface area contributed by atoms with Crippen LogP contribution in [-0.2, 0) is 33.8 Å². The molecule has 0 radical (unpaired) electrons. The van der Waals surface area contributed by atoms with Gasteiger partial charge in [0.05, 0.1) is 10.5 Å². The maximum atomic E-state index is 14.7. The summed E-state index contributed by atoms with van der Waals surface area (Å²) in [6.45, 7) is 7.57. The molecule has 0 bridgehead atoms. The number of hydrogen-bond acceptors (Lipinski definition) is 8. The van der Waals surface area contributed by atoms with E-state index in [9.17, 15) is 19.2 Å². The lowest BCUT2D eigenvalue weighted by Crippen LogP contribution is -2.65. The molecule has 4 amide bonds. The zero-order chi connectivity index (χ0) is 36.2. The molecule has 0 fully saturated rings. The van der Waals surface area contributed by atoms with Crippen molar-refractivity contribution in [3.8, 4) is 0 Å². The number of aromatic amines is 1. The van der Waals surface area contributed by atoms with Crippen LogP contribution in [0.15, 0.2) is 47.0 Å². The summed E-state index contributed by atoms with van der Waals surface area (Å²) in [6, 6.07) is 10.7. The SMILES string of the molecule is CCC(C)C(NC(=O)OCc1ccccc1)C(=O)N[C@]1(C(=O)N[C@H](c2nc(C(N)=O)no2)[C@@H](C)CC)CCc2[nH]c3c(Cl)cc(Cl)cc3c2C1. The number of hydrogen-bond donors (Lipinski definition) is 5. The minimum Gasteiger partial charge on any atom is -0.445 e. The highest BCUT2D eigenvalue weighted by Crippen LogP contribution is 2.39. The van der Waals surface area contributed by atoms with Crippen LogP contribution in [0.4, 0.5) is 4.79 Å². The zero-order valence-corrected chi connectivity index (χ0v) is 29.8. The van der Waals surface area contributed by atoms with Gasteiger partial charge in [-0.25, -0.2) is 4.79 Å². The van der Waals surface area contributed by atoms with E-state index in [1.807, 2.05) is 58.0 Å². The number of ether oxygens (including phenoxy) is 1. The van der Waals surface area contributed by atoms with Crippen LogP contribution < -0.4 is 21.7 Å². The van der Waals surface area contributed by atoms with Crippen molar-refractivity contribution in [1.29, 1.82) is 0 Å². The van der Waals surface area contributed by atoms with Gasteiger partial charge in [0.2, 0.25) is 17.7 Å². The lowest BCUT2D eigenvalue weighted by atomic mass is 9.78. The summed E-state index contributed by atoms with van der Waals surface area (Å²) in [4.78, 5) is 61.2. The number of primary amides is 1. The molecule has 2 unspecified atom stereocenters. The first kappa shape index (κ1) is 36.7. The smallest absolute Gasteiger partial charge is 0.408 e. The van der Waals surface area contributed by atoms with Crippen LogP contribution in [0.2, 0.25) is 10.0 Å². The van der Waals surface area contributed by atoms with Crippen LogP contribution in [0, 0.1) is 11.8 Å². The average molecular weight is 727 g/mol. The van der Waals surface area contributed by atoms with Crippen LogP contribution >= 0.6 is 23.2 Å². The Morgan fingerprint density at radius 1 is 1.06 bits per heavy atom. The minimum absolute atomic E-state index is 0.00504. The summed E-state index contributed by atoms with van der Waals surface area (Å²) in [6.07, 6.45) is 1.05. The fourth-order valence-electron chi connectivity index (χ4n) is 6.16. The van der Waals surface area contributed by atoms with Gasteiger partial charge in [0, 0.05) is 22.5 Å². The fourth-order valence-corrected chi connectivity index (χ4v) is 6.70. The quantitative estimate of drug-likeness (QED) is 0.118. The number of aryl methyl sites for hydroxylation is 1. The van der Waals surface area contributed by atoms with Crippen molar-refractivity contribution in [1.82, 2.24) is 31.1 Å². The lowest BCUT2D eigenvalue weighted by molar-refractivity contribution is -0.136. The molecule has 1 aliphatic rings. The average Bonchev–Trinajstić information content (AvgIpc) is 3.74. The van der Waals surface area contributed by atoms with Gasteiger partial charge in [0.1, 0.15) is 24.2 Å². The normalized spacial score (nSPS) is 18.0. The van der Waals surface area contributed by atoms with Gasteiger partial charge in [-0.05, 0) is 47.9 Å². The third-order valence-electron chi connectivity index (χ3n) is 9.51. The first-order valence-corrected chi connectivity index (χ1v) is 17.3. The largest absolute Gasteiger partial charge is 0.445 e. The predicted molar refractivity (Wildman–Crippen MR) is 187 cm³/mol. The van der Waals surface area contributed by atoms with Gasteiger partial charge < -0.3 is 35.9 Å². The molecule has 0 saturated heterocycles. The maximum absolute atomic E-state index is 14.7. The van der Waals surface area contributed by atoms with Crippen LogP contribution in [0.5, 0.6) is 0 Å². The third-order valence-corrected chi connectivity index (χ3v) is 10.0. The highest BCUT2D eigenvalue weighted by Gasteiger charge is 2.47. The zero-order valence-electron chi connectivity index (χ0n) is 28.3. The number of nitrogens with two attached hydrogens (primary N) is 1. The topological polar surface area (TPSA) is 194 Å². The molecule has 15 heteroatoms. The Hall–Kier alpha value is -4.62. The standard InChI is InChI=1S/C35H41Cl2N7O6/c1-5-18(3)26(41-34(48)49-17-20-10-8-7-9-11-20)31(46)43-35(13-12-25-23(16-35)22-14-21(36)15-24(37)28(22)39-25)33(47)40-27(19(4)6-2)32-42-30(29(38)45)44-50-32/h7-11,14-15,18-19,26-27,39H,5-6,12-13,16-17H2,1-4H3,(H2,38,45)(H,40,47)(H,41,48)(H,43,46)/t18?,19-,26?,27-,35+/m0/s1. The number of nitrogens with zero attached hydrogens (tertiary/aromatic N) is 2. The Balaban J connectivity index is 1.49. The molecule has 2 aromatic carbocycles. The van der Waals surface area contributed by atoms with Crippen molar-refractivity contribution in [2.24, 2.45) is 17.6 Å². The van der Waals surface area contributed by atoms with Crippen molar-refractivity contribution >= 4 is 57.9 Å². The molecular weight excluding hydrogens is 685 g/mol. The van der Waals surface area contributed by atoms with E-state index in [-0.39, 0.29) is 43.0 Å². The van der Waals surface area contributed by atoms with Crippen molar-refractivity contribution < 1.29 is 28.4 Å². The van der Waals surface area contributed by atoms with Crippen LogP contribution in [-0.4, -0.2) is 50.5 Å². The molecule has 0 saturated carbocycles. The Morgan fingerprint density at radius 3 is 2.44 bits per heavy atom. The molecule has 2 aromatic heterocycles. The number of fused-ring (bicyclic) bond motifs is 3. The van der Waals surface area contributed by atoms with E-state index in [0.717, 1.165) is 22.2 Å². The van der Waals surface area contributed by atoms with Gasteiger partial charge >= 0.3 is 6.09 Å². The Kier molecular flexibility index (Phi) is 11.4. The molecule has 266 valence electrons. The van der Waals surface area contributed by atoms with Crippen molar-refractivity contribution in [2.45, 2.75) is 84.0 Å². The predicted octanol–water partition coefficient (Wildman–Crippen LogP) is 5.55. The van der Waals surface area contributed by atoms with Crippen LogP contribution in [0.3, 0.4) is 0 Å². The second-order valence-electron chi connectivity index (χ2n) is 12.9. The monoisotopic (exact) mass is 725 g/mol. The van der Waals surface area contributed by atoms with Crippen molar-refractivity contribution in [3.05, 3.63) is 81.0 Å². The Morgan fingerprint density at radius 2 is 1.78 bits per heavy atom. The molecule has 2 heterocycles. The van der Waals surface area contributed by atoms with E-state index in [4.69, 9.17) is 38.2 Å². The highest BCUT2D eigenvalue weighted by atomic mass is 35.5. The second kappa shape index (κ2) is 15.5. The molecule has 5 rings (SSSR count). The summed E-state index contributed by atoms with van der Waals surface area (Å²) < 4.78 is 10.8. The first-order chi connectivity index (χ1) is 23.8. The van der Waals surface area contributed by atoms with E-state index >= 15 is 0 Å². The molecule has 6 N–H and O–H groups in total. The Bertz CT molecular complexity index is 1880. The molecule has 13 nitrogen and oxygen atoms in total. The molecule has 0 spiro atoms. The number of rotatable bonds is 13. The molecular formula is C35H41Cl2N7O6. The van der Waals surface area contributed by atoms with Gasteiger partial charge in [-0.2, -0.15) is 4.98 Å². The van der Waals surface area contributed by atoms with E-state index in [1.165, 1.54) is 0 Å². The molecule has 1 aliphatic carbocycles. The number of H-pyrrole nitrogens is 1. The summed E-state index contributed by atoms with van der Waals surface area (Å²) in [5.74, 6) is -2.79. The van der Waals surface area contributed by atoms with Gasteiger partial charge in [0.25, 0.3) is 11.7 Å². The van der Waals surface area contributed by atoms with Crippen molar-refractivity contribution in [2.75, 3.05) is 0 Å². The molecule has 0 aliphatic heterocycles. The molecule has 4 aromatic rings. The summed E-state index contributed by atoms with van der Waals surface area (Å²) >= 11 is 12.9. The highest BCUT2D eigenvalue weighted by molar-refractivity contribution is 6.38. The van der Waals surface area contributed by atoms with Crippen LogP contribution in [0.25, 0.3) is 10.9 Å². The van der Waals surface area contributed by atoms with Gasteiger partial charge in [-0.1, -0.05) is 99.2 Å². The van der Waals surface area contributed by atoms with E-state index in [0.29, 0.717) is 34.8 Å². The van der Waals surface area contributed by atoms with Gasteiger partial charge in [-0.15, -0.1) is 0 Å². The fraction of sp³-hybridized carbons (Fsp3) is 0.429. The number of alkyl carbamates (subject to hydrolysis) is 1. The Labute approximate surface area is 299 Å². The van der Waals surface area contributed by atoms with E-state index < -0.39 is 41.4 Å². The van der Waals surface area contributed by atoms with Gasteiger partial charge in [-0.3, -0.25) is 14.4 Å². The summed E-state index contributed by atoms with van der Waals surface area (Å²) in [5, 5.41) is 14.0. The lowest BCUT2D eigenvalue weighted by Gasteiger charge is -2.39. The van der Waals surface area contributed by atoms with Crippen LogP contribution in [0.1, 0.15) is 86.3 Å². The number of carbonyl (C=O) groups excluding carboxylic acids is 4. The number of aromatic nitrogens is 3. The third kappa shape index (κ3) is 7.89. The number of benzene rings is 2. The second-order valence-corrected chi connectivity index (χ2v) is 13.7. The number of amides is 4. The molecule has 50 heavy (non-hydrogen) atoms.